The van der Waals surface area contributed by atoms with Crippen LogP contribution in [0.5, 0.6) is 0 Å². The molecule has 0 bridgehead atoms. The van der Waals surface area contributed by atoms with E-state index in [1.165, 1.54) is 20.8 Å². The van der Waals surface area contributed by atoms with Gasteiger partial charge in [0.15, 0.2) is 0 Å². The van der Waals surface area contributed by atoms with Gasteiger partial charge in [-0.05, 0) is 59.3 Å². The third kappa shape index (κ3) is 3.09. The molecule has 0 aromatic carbocycles. The van der Waals surface area contributed by atoms with E-state index in [1.54, 1.807) is 12.3 Å². The minimum Gasteiger partial charge on any atom is -0.315 e. The van der Waals surface area contributed by atoms with Crippen molar-refractivity contribution in [3.63, 3.8) is 0 Å². The Balaban J connectivity index is 1.82. The molecule has 7 heteroatoms. The van der Waals surface area contributed by atoms with Crippen LogP contribution in [0.3, 0.4) is 0 Å². The van der Waals surface area contributed by atoms with Crippen LogP contribution in [0.15, 0.2) is 21.5 Å². The first kappa shape index (κ1) is 16.0. The van der Waals surface area contributed by atoms with Crippen LogP contribution in [-0.4, -0.2) is 10.5 Å². The minimum absolute atomic E-state index is 0.0768. The lowest BCUT2D eigenvalue weighted by atomic mass is 10.1. The molecule has 1 aliphatic carbocycles. The third-order valence-electron chi connectivity index (χ3n) is 3.78. The van der Waals surface area contributed by atoms with Crippen molar-refractivity contribution in [3.8, 4) is 6.07 Å². The van der Waals surface area contributed by atoms with Gasteiger partial charge in [-0.15, -0.1) is 11.3 Å². The normalized spacial score (nSPS) is 12.7. The topological polar surface area (TPSA) is 74.9 Å². The molecule has 0 radical (unpaired) electrons. The Morgan fingerprint density at radius 3 is 3.04 bits per heavy atom. The summed E-state index contributed by atoms with van der Waals surface area (Å²) in [7, 11) is 0. The summed E-state index contributed by atoms with van der Waals surface area (Å²) in [6, 6.07) is 3.91. The first-order valence-corrected chi connectivity index (χ1v) is 8.81. The van der Waals surface area contributed by atoms with Gasteiger partial charge < -0.3 is 9.88 Å². The first-order chi connectivity index (χ1) is 11.0. The van der Waals surface area contributed by atoms with E-state index in [0.717, 1.165) is 30.4 Å². The number of amides is 1. The molecule has 0 saturated heterocycles. The van der Waals surface area contributed by atoms with Gasteiger partial charge in [-0.25, -0.2) is 0 Å². The van der Waals surface area contributed by atoms with E-state index in [9.17, 15) is 14.9 Å². The van der Waals surface area contributed by atoms with E-state index >= 15 is 0 Å². The molecule has 2 aromatic heterocycles. The summed E-state index contributed by atoms with van der Waals surface area (Å²) in [6.07, 6.45) is 4.58. The van der Waals surface area contributed by atoms with Crippen molar-refractivity contribution < 1.29 is 4.79 Å². The number of nitrogens with zero attached hydrogens (tertiary/aromatic N) is 2. The number of pyridine rings is 1. The highest BCUT2D eigenvalue weighted by Gasteiger charge is 2.23. The van der Waals surface area contributed by atoms with E-state index in [0.29, 0.717) is 15.0 Å². The molecular weight excluding hydrogens is 378 g/mol. The third-order valence-corrected chi connectivity index (χ3v) is 5.55. The zero-order valence-electron chi connectivity index (χ0n) is 12.5. The number of nitrogens with one attached hydrogen (secondary N) is 1. The van der Waals surface area contributed by atoms with E-state index < -0.39 is 0 Å². The van der Waals surface area contributed by atoms with Gasteiger partial charge >= 0.3 is 0 Å². The standard InChI is InChI=1S/C16H14BrN3O2S/c1-9-5-12(17)16(22)20(7-9)8-14(21)19-15-11(6-18)10-3-2-4-13(10)23-15/h5,7H,2-4,8H2,1H3,(H,19,21). The second-order valence-electron chi connectivity index (χ2n) is 5.52. The number of halogens is 1. The Bertz CT molecular complexity index is 892. The average molecular weight is 392 g/mol. The van der Waals surface area contributed by atoms with E-state index in [4.69, 9.17) is 0 Å². The fraction of sp³-hybridized carbons (Fsp3) is 0.312. The predicted octanol–water partition coefficient (Wildman–Crippen LogP) is 2.98. The maximum absolute atomic E-state index is 12.3. The molecule has 5 nitrogen and oxygen atoms in total. The molecule has 0 unspecified atom stereocenters. The van der Waals surface area contributed by atoms with Crippen molar-refractivity contribution in [2.45, 2.75) is 32.7 Å². The Hall–Kier alpha value is -1.91. The molecule has 0 atom stereocenters. The zero-order valence-corrected chi connectivity index (χ0v) is 14.9. The Morgan fingerprint density at radius 2 is 2.30 bits per heavy atom. The van der Waals surface area contributed by atoms with Crippen LogP contribution < -0.4 is 10.9 Å². The first-order valence-electron chi connectivity index (χ1n) is 7.20. The van der Waals surface area contributed by atoms with Crippen molar-refractivity contribution in [3.05, 3.63) is 48.7 Å². The Kier molecular flexibility index (Phi) is 4.37. The van der Waals surface area contributed by atoms with Crippen LogP contribution in [0.25, 0.3) is 0 Å². The minimum atomic E-state index is -0.305. The van der Waals surface area contributed by atoms with Crippen molar-refractivity contribution >= 4 is 38.2 Å². The highest BCUT2D eigenvalue weighted by Crippen LogP contribution is 2.38. The van der Waals surface area contributed by atoms with Gasteiger partial charge in [-0.1, -0.05) is 0 Å². The fourth-order valence-electron chi connectivity index (χ4n) is 2.79. The number of carbonyl (C=O) groups is 1. The summed E-state index contributed by atoms with van der Waals surface area (Å²) in [4.78, 5) is 25.5. The fourth-order valence-corrected chi connectivity index (χ4v) is 4.63. The van der Waals surface area contributed by atoms with Crippen LogP contribution in [0.1, 0.15) is 28.0 Å². The monoisotopic (exact) mass is 391 g/mol. The van der Waals surface area contributed by atoms with E-state index in [1.807, 2.05) is 6.92 Å². The van der Waals surface area contributed by atoms with Crippen LogP contribution in [0.4, 0.5) is 5.00 Å². The van der Waals surface area contributed by atoms with Crippen LogP contribution in [0.2, 0.25) is 0 Å². The van der Waals surface area contributed by atoms with Gasteiger partial charge in [-0.2, -0.15) is 5.26 Å². The lowest BCUT2D eigenvalue weighted by molar-refractivity contribution is -0.116. The SMILES string of the molecule is Cc1cc(Br)c(=O)n(CC(=O)Nc2sc3c(c2C#N)CCC3)c1. The molecule has 2 heterocycles. The van der Waals surface area contributed by atoms with Gasteiger partial charge in [-0.3, -0.25) is 9.59 Å². The molecule has 0 saturated carbocycles. The quantitative estimate of drug-likeness (QED) is 0.873. The number of hydrogen-bond acceptors (Lipinski definition) is 4. The number of nitriles is 1. The van der Waals surface area contributed by atoms with Crippen LogP contribution >= 0.6 is 27.3 Å². The molecule has 23 heavy (non-hydrogen) atoms. The second kappa shape index (κ2) is 6.30. The average Bonchev–Trinajstić information content (AvgIpc) is 3.04. The van der Waals surface area contributed by atoms with E-state index in [2.05, 4.69) is 27.3 Å². The summed E-state index contributed by atoms with van der Waals surface area (Å²) in [5.41, 5.74) is 2.29. The Morgan fingerprint density at radius 1 is 1.52 bits per heavy atom. The van der Waals surface area contributed by atoms with Crippen LogP contribution in [-0.2, 0) is 24.2 Å². The molecule has 3 rings (SSSR count). The van der Waals surface area contributed by atoms with Gasteiger partial charge in [0, 0.05) is 11.1 Å². The summed E-state index contributed by atoms with van der Waals surface area (Å²) >= 11 is 4.67. The van der Waals surface area contributed by atoms with Crippen LogP contribution in [0, 0.1) is 18.3 Å². The number of aromatic nitrogens is 1. The largest absolute Gasteiger partial charge is 0.315 e. The maximum atomic E-state index is 12.3. The second-order valence-corrected chi connectivity index (χ2v) is 7.48. The van der Waals surface area contributed by atoms with Gasteiger partial charge in [0.1, 0.15) is 17.6 Å². The van der Waals surface area contributed by atoms with Gasteiger partial charge in [0.25, 0.3) is 5.56 Å². The summed E-state index contributed by atoms with van der Waals surface area (Å²) < 4.78 is 1.79. The summed E-state index contributed by atoms with van der Waals surface area (Å²) in [6.45, 7) is 1.78. The number of fused-ring (bicyclic) bond motifs is 1. The lowest BCUT2D eigenvalue weighted by Gasteiger charge is -2.08. The lowest BCUT2D eigenvalue weighted by Crippen LogP contribution is -2.27. The van der Waals surface area contributed by atoms with E-state index in [-0.39, 0.29) is 18.0 Å². The number of rotatable bonds is 3. The zero-order chi connectivity index (χ0) is 16.6. The number of hydrogen-bond donors (Lipinski definition) is 1. The molecule has 0 spiro atoms. The van der Waals surface area contributed by atoms with Crippen molar-refractivity contribution in [1.82, 2.24) is 4.57 Å². The molecule has 1 aliphatic rings. The van der Waals surface area contributed by atoms with Gasteiger partial charge in [0.2, 0.25) is 5.91 Å². The molecular formula is C16H14BrN3O2S. The number of carbonyl (C=O) groups excluding carboxylic acids is 1. The molecule has 1 amide bonds. The summed E-state index contributed by atoms with van der Waals surface area (Å²) in [5, 5.41) is 12.7. The van der Waals surface area contributed by atoms with Crippen molar-refractivity contribution in [2.24, 2.45) is 0 Å². The molecule has 0 fully saturated rings. The number of aryl methyl sites for hydroxylation is 2. The highest BCUT2D eigenvalue weighted by molar-refractivity contribution is 9.10. The Labute approximate surface area is 145 Å². The molecule has 118 valence electrons. The number of thiophene rings is 1. The molecule has 2 aromatic rings. The maximum Gasteiger partial charge on any atom is 0.265 e. The highest BCUT2D eigenvalue weighted by atomic mass is 79.9. The van der Waals surface area contributed by atoms with Gasteiger partial charge in [0.05, 0.1) is 10.0 Å². The molecule has 0 aliphatic heterocycles. The molecule has 1 N–H and O–H groups in total. The predicted molar refractivity (Wildman–Crippen MR) is 92.8 cm³/mol. The summed E-state index contributed by atoms with van der Waals surface area (Å²) in [5.74, 6) is -0.305. The smallest absolute Gasteiger partial charge is 0.265 e. The number of anilines is 1. The van der Waals surface area contributed by atoms with Crippen molar-refractivity contribution in [2.75, 3.05) is 5.32 Å². The van der Waals surface area contributed by atoms with Crippen molar-refractivity contribution in [1.29, 1.82) is 5.26 Å².